The van der Waals surface area contributed by atoms with Gasteiger partial charge in [0.1, 0.15) is 0 Å². The van der Waals surface area contributed by atoms with E-state index < -0.39 is 0 Å². The first-order valence-corrected chi connectivity index (χ1v) is 7.17. The average molecular weight is 249 g/mol. The first-order chi connectivity index (χ1) is 8.72. The van der Waals surface area contributed by atoms with Crippen LogP contribution in [0.4, 0.5) is 0 Å². The Morgan fingerprint density at radius 2 is 2.00 bits per heavy atom. The Morgan fingerprint density at radius 1 is 1.28 bits per heavy atom. The van der Waals surface area contributed by atoms with E-state index in [0.717, 1.165) is 45.2 Å². The van der Waals surface area contributed by atoms with Gasteiger partial charge in [0, 0.05) is 19.1 Å². The summed E-state index contributed by atoms with van der Waals surface area (Å²) >= 11 is 0. The predicted octanol–water partition coefficient (Wildman–Crippen LogP) is 1.67. The number of carbonyl (C=O) groups excluding carboxylic acids is 1. The Labute approximate surface area is 109 Å². The summed E-state index contributed by atoms with van der Waals surface area (Å²) in [4.78, 5) is 14.2. The van der Waals surface area contributed by atoms with E-state index in [1.54, 1.807) is 0 Å². The third-order valence-corrected chi connectivity index (χ3v) is 4.18. The standard InChI is InChI=1S/C14H23N3O/c1-11(14(18)17-8-3-2-4-9-17)16-13-7-5-6-12(13)10-15/h11-13,16H,2-9H2,1H3. The predicted molar refractivity (Wildman–Crippen MR) is 69.8 cm³/mol. The lowest BCUT2D eigenvalue weighted by molar-refractivity contribution is -0.134. The number of rotatable bonds is 3. The summed E-state index contributed by atoms with van der Waals surface area (Å²) in [7, 11) is 0. The molecule has 1 heterocycles. The van der Waals surface area contributed by atoms with Crippen molar-refractivity contribution in [3.05, 3.63) is 0 Å². The van der Waals surface area contributed by atoms with E-state index >= 15 is 0 Å². The van der Waals surface area contributed by atoms with Crippen LogP contribution in [0.3, 0.4) is 0 Å². The number of nitriles is 1. The largest absolute Gasteiger partial charge is 0.341 e. The van der Waals surface area contributed by atoms with Crippen LogP contribution in [-0.4, -0.2) is 36.0 Å². The number of hydrogen-bond donors (Lipinski definition) is 1. The van der Waals surface area contributed by atoms with Crippen LogP contribution in [0.15, 0.2) is 0 Å². The minimum atomic E-state index is -0.151. The van der Waals surface area contributed by atoms with Crippen molar-refractivity contribution in [2.24, 2.45) is 5.92 Å². The lowest BCUT2D eigenvalue weighted by atomic mass is 10.0. The Kier molecular flexibility index (Phi) is 4.60. The van der Waals surface area contributed by atoms with Crippen LogP contribution in [0.2, 0.25) is 0 Å². The van der Waals surface area contributed by atoms with Crippen molar-refractivity contribution in [3.8, 4) is 6.07 Å². The SMILES string of the molecule is CC(NC1CCCC1C#N)C(=O)N1CCCCC1. The maximum Gasteiger partial charge on any atom is 0.239 e. The van der Waals surface area contributed by atoms with Gasteiger partial charge in [0.25, 0.3) is 0 Å². The van der Waals surface area contributed by atoms with Crippen molar-refractivity contribution in [2.45, 2.75) is 57.5 Å². The van der Waals surface area contributed by atoms with Gasteiger partial charge in [-0.25, -0.2) is 0 Å². The monoisotopic (exact) mass is 249 g/mol. The summed E-state index contributed by atoms with van der Waals surface area (Å²) in [5.41, 5.74) is 0. The van der Waals surface area contributed by atoms with Gasteiger partial charge in [-0.2, -0.15) is 5.26 Å². The lowest BCUT2D eigenvalue weighted by Crippen LogP contribution is -2.50. The van der Waals surface area contributed by atoms with Crippen LogP contribution in [0.5, 0.6) is 0 Å². The number of hydrogen-bond acceptors (Lipinski definition) is 3. The van der Waals surface area contributed by atoms with Crippen molar-refractivity contribution < 1.29 is 4.79 Å². The maximum atomic E-state index is 12.3. The van der Waals surface area contributed by atoms with E-state index in [2.05, 4.69) is 11.4 Å². The summed E-state index contributed by atoms with van der Waals surface area (Å²) in [6.07, 6.45) is 6.59. The number of carbonyl (C=O) groups is 1. The average Bonchev–Trinajstić information content (AvgIpc) is 2.86. The fourth-order valence-corrected chi connectivity index (χ4v) is 3.09. The molecule has 1 N–H and O–H groups in total. The Balaban J connectivity index is 1.85. The number of amides is 1. The summed E-state index contributed by atoms with van der Waals surface area (Å²) < 4.78 is 0. The van der Waals surface area contributed by atoms with E-state index in [9.17, 15) is 4.79 Å². The van der Waals surface area contributed by atoms with Gasteiger partial charge < -0.3 is 10.2 Å². The van der Waals surface area contributed by atoms with Gasteiger partial charge in [0.15, 0.2) is 0 Å². The molecule has 4 nitrogen and oxygen atoms in total. The van der Waals surface area contributed by atoms with Crippen molar-refractivity contribution in [1.29, 1.82) is 5.26 Å². The van der Waals surface area contributed by atoms with Gasteiger partial charge in [-0.15, -0.1) is 0 Å². The van der Waals surface area contributed by atoms with E-state index in [0.29, 0.717) is 0 Å². The van der Waals surface area contributed by atoms with Crippen LogP contribution in [0.1, 0.15) is 45.4 Å². The van der Waals surface area contributed by atoms with Crippen LogP contribution in [0.25, 0.3) is 0 Å². The third kappa shape index (κ3) is 3.02. The summed E-state index contributed by atoms with van der Waals surface area (Å²) in [6, 6.07) is 2.41. The molecule has 0 aromatic carbocycles. The Morgan fingerprint density at radius 3 is 2.67 bits per heavy atom. The number of piperidine rings is 1. The minimum Gasteiger partial charge on any atom is -0.341 e. The zero-order chi connectivity index (χ0) is 13.0. The Hall–Kier alpha value is -1.08. The summed E-state index contributed by atoms with van der Waals surface area (Å²) in [6.45, 7) is 3.73. The van der Waals surface area contributed by atoms with Crippen molar-refractivity contribution in [1.82, 2.24) is 10.2 Å². The second-order valence-electron chi connectivity index (χ2n) is 5.55. The molecule has 0 bridgehead atoms. The van der Waals surface area contributed by atoms with Gasteiger partial charge in [-0.05, 0) is 39.0 Å². The molecule has 18 heavy (non-hydrogen) atoms. The fourth-order valence-electron chi connectivity index (χ4n) is 3.09. The third-order valence-electron chi connectivity index (χ3n) is 4.18. The molecular weight excluding hydrogens is 226 g/mol. The molecule has 3 atom stereocenters. The minimum absolute atomic E-state index is 0.0848. The van der Waals surface area contributed by atoms with E-state index in [1.165, 1.54) is 6.42 Å². The summed E-state index contributed by atoms with van der Waals surface area (Å²) in [5, 5.41) is 12.4. The van der Waals surface area contributed by atoms with Gasteiger partial charge in [0.2, 0.25) is 5.91 Å². The summed E-state index contributed by atoms with van der Waals surface area (Å²) in [5.74, 6) is 0.292. The molecular formula is C14H23N3O. The van der Waals surface area contributed by atoms with Gasteiger partial charge in [-0.3, -0.25) is 4.79 Å². The molecule has 2 aliphatic rings. The first kappa shape index (κ1) is 13.4. The van der Waals surface area contributed by atoms with E-state index in [1.807, 2.05) is 11.8 Å². The highest BCUT2D eigenvalue weighted by Crippen LogP contribution is 2.25. The quantitative estimate of drug-likeness (QED) is 0.827. The smallest absolute Gasteiger partial charge is 0.239 e. The normalized spacial score (nSPS) is 29.9. The number of nitrogens with one attached hydrogen (secondary N) is 1. The zero-order valence-electron chi connectivity index (χ0n) is 11.2. The van der Waals surface area contributed by atoms with Crippen LogP contribution >= 0.6 is 0 Å². The maximum absolute atomic E-state index is 12.3. The molecule has 1 amide bonds. The molecule has 4 heteroatoms. The molecule has 3 unspecified atom stereocenters. The molecule has 0 spiro atoms. The molecule has 1 saturated heterocycles. The van der Waals surface area contributed by atoms with Gasteiger partial charge in [0.05, 0.1) is 18.0 Å². The highest BCUT2D eigenvalue weighted by Gasteiger charge is 2.31. The number of likely N-dealkylation sites (tertiary alicyclic amines) is 1. The van der Waals surface area contributed by atoms with Crippen LogP contribution < -0.4 is 5.32 Å². The van der Waals surface area contributed by atoms with Crippen LogP contribution in [-0.2, 0) is 4.79 Å². The first-order valence-electron chi connectivity index (χ1n) is 7.17. The van der Waals surface area contributed by atoms with E-state index in [-0.39, 0.29) is 23.9 Å². The molecule has 0 aromatic heterocycles. The molecule has 2 fully saturated rings. The second-order valence-corrected chi connectivity index (χ2v) is 5.55. The topological polar surface area (TPSA) is 56.1 Å². The Bertz CT molecular complexity index is 330. The fraction of sp³-hybridized carbons (Fsp3) is 0.857. The molecule has 100 valence electrons. The number of nitrogens with zero attached hydrogens (tertiary/aromatic N) is 2. The zero-order valence-corrected chi connectivity index (χ0v) is 11.2. The van der Waals surface area contributed by atoms with E-state index in [4.69, 9.17) is 5.26 Å². The highest BCUT2D eigenvalue weighted by atomic mass is 16.2. The molecule has 1 saturated carbocycles. The molecule has 0 radical (unpaired) electrons. The highest BCUT2D eigenvalue weighted by molar-refractivity contribution is 5.81. The van der Waals surface area contributed by atoms with Crippen molar-refractivity contribution in [3.63, 3.8) is 0 Å². The van der Waals surface area contributed by atoms with Crippen molar-refractivity contribution in [2.75, 3.05) is 13.1 Å². The lowest BCUT2D eigenvalue weighted by Gasteiger charge is -2.31. The molecule has 2 rings (SSSR count). The van der Waals surface area contributed by atoms with Gasteiger partial charge in [-0.1, -0.05) is 6.42 Å². The second kappa shape index (κ2) is 6.19. The van der Waals surface area contributed by atoms with Crippen molar-refractivity contribution >= 4 is 5.91 Å². The molecule has 0 aromatic rings. The van der Waals surface area contributed by atoms with Crippen LogP contribution in [0, 0.1) is 17.2 Å². The molecule has 1 aliphatic heterocycles. The molecule has 1 aliphatic carbocycles. The van der Waals surface area contributed by atoms with Gasteiger partial charge >= 0.3 is 0 Å².